The number of aromatic nitrogens is 3. The Morgan fingerprint density at radius 2 is 1.94 bits per heavy atom. The quantitative estimate of drug-likeness (QED) is 0.343. The summed E-state index contributed by atoms with van der Waals surface area (Å²) in [6.45, 7) is 3.14. The first-order valence-corrected chi connectivity index (χ1v) is 11.8. The lowest BCUT2D eigenvalue weighted by Crippen LogP contribution is -2.29. The molecule has 2 N–H and O–H groups in total. The molecule has 0 aliphatic carbocycles. The van der Waals surface area contributed by atoms with Crippen LogP contribution >= 0.6 is 11.6 Å². The first-order valence-electron chi connectivity index (χ1n) is 11.4. The van der Waals surface area contributed by atoms with Crippen LogP contribution in [-0.4, -0.2) is 59.6 Å². The van der Waals surface area contributed by atoms with E-state index in [1.807, 2.05) is 45.4 Å². The van der Waals surface area contributed by atoms with E-state index in [0.29, 0.717) is 44.5 Å². The number of benzene rings is 2. The van der Waals surface area contributed by atoms with Gasteiger partial charge in [-0.1, -0.05) is 23.7 Å². The second-order valence-corrected chi connectivity index (χ2v) is 9.35. The zero-order chi connectivity index (χ0) is 26.0. The second kappa shape index (κ2) is 10.5. The number of carbonyl (C=O) groups excluding carboxylic acids is 1. The van der Waals surface area contributed by atoms with Gasteiger partial charge in [-0.05, 0) is 38.4 Å². The number of nitrogens with one attached hydrogen (secondary N) is 2. The lowest BCUT2D eigenvalue weighted by Gasteiger charge is -2.24. The van der Waals surface area contributed by atoms with Gasteiger partial charge in [0.1, 0.15) is 5.82 Å². The van der Waals surface area contributed by atoms with Crippen molar-refractivity contribution in [2.45, 2.75) is 6.92 Å². The summed E-state index contributed by atoms with van der Waals surface area (Å²) in [4.78, 5) is 25.0. The van der Waals surface area contributed by atoms with Gasteiger partial charge in [0.15, 0.2) is 0 Å². The Kier molecular flexibility index (Phi) is 7.42. The fraction of sp³-hybridized carbons (Fsp3) is 0.269. The van der Waals surface area contributed by atoms with Crippen LogP contribution in [0.4, 0.5) is 27.4 Å². The number of carbonyl (C=O) groups is 1. The number of hydrogen-bond donors (Lipinski definition) is 2. The summed E-state index contributed by atoms with van der Waals surface area (Å²) in [6.07, 6.45) is 3.32. The summed E-state index contributed by atoms with van der Waals surface area (Å²) in [5, 5.41) is 7.17. The van der Waals surface area contributed by atoms with Gasteiger partial charge in [0.25, 0.3) is 0 Å². The van der Waals surface area contributed by atoms with E-state index in [2.05, 4.69) is 30.4 Å². The summed E-state index contributed by atoms with van der Waals surface area (Å²) in [7, 11) is 7.80. The maximum absolute atomic E-state index is 14.4. The normalized spacial score (nSPS) is 11.2. The fourth-order valence-electron chi connectivity index (χ4n) is 4.06. The van der Waals surface area contributed by atoms with E-state index in [4.69, 9.17) is 11.6 Å². The Labute approximate surface area is 214 Å². The van der Waals surface area contributed by atoms with Gasteiger partial charge in [-0.3, -0.25) is 4.79 Å². The molecule has 0 unspecified atom stereocenters. The molecule has 2 heterocycles. The number of aryl methyl sites for hydroxylation is 1. The SMILES string of the molecule is CC(=O)Nc1cc(Nc2ncc(Cl)c(-c3cn(C)c4c(F)cccc34)n2)ccc1N(C)CCN(C)C. The summed E-state index contributed by atoms with van der Waals surface area (Å²) >= 11 is 6.46. The molecular weight excluding hydrogens is 481 g/mol. The van der Waals surface area contributed by atoms with Crippen molar-refractivity contribution in [3.8, 4) is 11.3 Å². The maximum Gasteiger partial charge on any atom is 0.227 e. The van der Waals surface area contributed by atoms with E-state index in [1.165, 1.54) is 19.2 Å². The van der Waals surface area contributed by atoms with E-state index in [9.17, 15) is 9.18 Å². The first-order chi connectivity index (χ1) is 17.1. The van der Waals surface area contributed by atoms with Gasteiger partial charge in [-0.25, -0.2) is 14.4 Å². The summed E-state index contributed by atoms with van der Waals surface area (Å²) in [5.41, 5.74) is 3.94. The number of halogens is 2. The van der Waals surface area contributed by atoms with Crippen molar-refractivity contribution in [3.05, 3.63) is 59.6 Å². The van der Waals surface area contributed by atoms with Crippen LogP contribution in [0.3, 0.4) is 0 Å². The molecule has 36 heavy (non-hydrogen) atoms. The average molecular weight is 510 g/mol. The van der Waals surface area contributed by atoms with Crippen molar-refractivity contribution in [2.75, 3.05) is 49.8 Å². The third kappa shape index (κ3) is 5.42. The topological polar surface area (TPSA) is 78.3 Å². The Hall–Kier alpha value is -3.69. The van der Waals surface area contributed by atoms with Crippen molar-refractivity contribution in [1.29, 1.82) is 0 Å². The number of hydrogen-bond acceptors (Lipinski definition) is 6. The van der Waals surface area contributed by atoms with Crippen LogP contribution in [0.25, 0.3) is 22.2 Å². The number of para-hydroxylation sites is 1. The van der Waals surface area contributed by atoms with E-state index in [0.717, 1.165) is 18.8 Å². The maximum atomic E-state index is 14.4. The number of nitrogens with zero attached hydrogens (tertiary/aromatic N) is 5. The molecule has 0 aliphatic heterocycles. The number of likely N-dealkylation sites (N-methyl/N-ethyl adjacent to an activating group) is 2. The van der Waals surface area contributed by atoms with Gasteiger partial charge in [0, 0.05) is 56.9 Å². The molecule has 0 bridgehead atoms. The number of rotatable bonds is 8. The van der Waals surface area contributed by atoms with Crippen molar-refractivity contribution in [1.82, 2.24) is 19.4 Å². The molecule has 188 valence electrons. The number of amides is 1. The summed E-state index contributed by atoms with van der Waals surface area (Å²) in [5.74, 6) is -0.154. The highest BCUT2D eigenvalue weighted by molar-refractivity contribution is 6.33. The molecule has 10 heteroatoms. The van der Waals surface area contributed by atoms with Crippen molar-refractivity contribution in [3.63, 3.8) is 0 Å². The van der Waals surface area contributed by atoms with E-state index in [1.54, 1.807) is 23.9 Å². The van der Waals surface area contributed by atoms with Gasteiger partial charge in [-0.15, -0.1) is 0 Å². The Morgan fingerprint density at radius 1 is 1.17 bits per heavy atom. The zero-order valence-electron chi connectivity index (χ0n) is 20.9. The van der Waals surface area contributed by atoms with Gasteiger partial charge in [-0.2, -0.15) is 0 Å². The Bertz CT molecular complexity index is 1420. The lowest BCUT2D eigenvalue weighted by molar-refractivity contribution is -0.114. The van der Waals surface area contributed by atoms with Crippen molar-refractivity contribution >= 4 is 51.4 Å². The smallest absolute Gasteiger partial charge is 0.227 e. The second-order valence-electron chi connectivity index (χ2n) is 8.94. The number of anilines is 4. The van der Waals surface area contributed by atoms with E-state index >= 15 is 0 Å². The molecule has 8 nitrogen and oxygen atoms in total. The zero-order valence-corrected chi connectivity index (χ0v) is 21.7. The third-order valence-electron chi connectivity index (χ3n) is 5.81. The van der Waals surface area contributed by atoms with Crippen LogP contribution < -0.4 is 15.5 Å². The van der Waals surface area contributed by atoms with E-state index in [-0.39, 0.29) is 11.7 Å². The average Bonchev–Trinajstić information content (AvgIpc) is 3.16. The molecule has 0 atom stereocenters. The highest BCUT2D eigenvalue weighted by atomic mass is 35.5. The minimum Gasteiger partial charge on any atom is -0.372 e. The molecule has 0 radical (unpaired) electrons. The molecular formula is C26H29ClFN7O. The monoisotopic (exact) mass is 509 g/mol. The third-order valence-corrected chi connectivity index (χ3v) is 6.09. The van der Waals surface area contributed by atoms with E-state index < -0.39 is 0 Å². The van der Waals surface area contributed by atoms with Crippen molar-refractivity contribution in [2.24, 2.45) is 7.05 Å². The fourth-order valence-corrected chi connectivity index (χ4v) is 4.25. The van der Waals surface area contributed by atoms with Crippen LogP contribution in [0.15, 0.2) is 48.8 Å². The van der Waals surface area contributed by atoms with Crippen LogP contribution in [0.2, 0.25) is 5.02 Å². The predicted molar refractivity (Wildman–Crippen MR) is 145 cm³/mol. The van der Waals surface area contributed by atoms with Gasteiger partial charge < -0.3 is 25.0 Å². The van der Waals surface area contributed by atoms with Crippen molar-refractivity contribution < 1.29 is 9.18 Å². The van der Waals surface area contributed by atoms with Crippen LogP contribution in [0, 0.1) is 5.82 Å². The van der Waals surface area contributed by atoms with Crippen LogP contribution in [-0.2, 0) is 11.8 Å². The van der Waals surface area contributed by atoms with Gasteiger partial charge in [0.2, 0.25) is 11.9 Å². The number of fused-ring (bicyclic) bond motifs is 1. The minimum atomic E-state index is -0.314. The van der Waals surface area contributed by atoms with Crippen LogP contribution in [0.5, 0.6) is 0 Å². The first kappa shape index (κ1) is 25.4. The highest BCUT2D eigenvalue weighted by Crippen LogP contribution is 2.35. The molecule has 0 saturated carbocycles. The summed E-state index contributed by atoms with van der Waals surface area (Å²) < 4.78 is 16.1. The minimum absolute atomic E-state index is 0.164. The van der Waals surface area contributed by atoms with Gasteiger partial charge >= 0.3 is 0 Å². The molecule has 1 amide bonds. The Morgan fingerprint density at radius 3 is 2.67 bits per heavy atom. The molecule has 0 fully saturated rings. The predicted octanol–water partition coefficient (Wildman–Crippen LogP) is 5.13. The molecule has 2 aromatic heterocycles. The molecule has 0 spiro atoms. The summed E-state index contributed by atoms with van der Waals surface area (Å²) in [6, 6.07) is 10.6. The van der Waals surface area contributed by atoms with Gasteiger partial charge in [0.05, 0.1) is 33.8 Å². The lowest BCUT2D eigenvalue weighted by atomic mass is 10.1. The molecule has 2 aromatic carbocycles. The molecule has 0 saturated heterocycles. The Balaban J connectivity index is 1.67. The standard InChI is InChI=1S/C26H29ClFN7O/c1-16(36)30-22-13-17(9-10-23(22)34(4)12-11-33(2)3)31-26-29-14-20(27)24(32-26)19-15-35(5)25-18(19)7-6-8-21(25)28/h6-10,13-15H,11-12H2,1-5H3,(H,30,36)(H,29,31,32). The molecule has 4 aromatic rings. The molecule has 0 aliphatic rings. The molecule has 4 rings (SSSR count). The highest BCUT2D eigenvalue weighted by Gasteiger charge is 2.17. The largest absolute Gasteiger partial charge is 0.372 e. The van der Waals surface area contributed by atoms with Crippen LogP contribution in [0.1, 0.15) is 6.92 Å².